The van der Waals surface area contributed by atoms with Crippen LogP contribution in [0.25, 0.3) is 0 Å². The molecule has 0 amide bonds. The predicted molar refractivity (Wildman–Crippen MR) is 71.3 cm³/mol. The van der Waals surface area contributed by atoms with Crippen LogP contribution in [0.5, 0.6) is 0 Å². The fourth-order valence-corrected chi connectivity index (χ4v) is 3.49. The highest BCUT2D eigenvalue weighted by Crippen LogP contribution is 2.34. The Labute approximate surface area is 121 Å². The molecule has 0 aliphatic rings. The predicted octanol–water partition coefficient (Wildman–Crippen LogP) is 3.31. The van der Waals surface area contributed by atoms with E-state index < -0.39 is 32.2 Å². The normalized spacial score (nSPS) is 13.6. The molecule has 0 saturated heterocycles. The minimum atomic E-state index is -4.60. The summed E-state index contributed by atoms with van der Waals surface area (Å²) >= 11 is 5.62. The highest BCUT2D eigenvalue weighted by atomic mass is 35.5. The van der Waals surface area contributed by atoms with Crippen LogP contribution in [-0.2, 0) is 16.2 Å². The summed E-state index contributed by atoms with van der Waals surface area (Å²) in [5.74, 6) is -0.00968. The van der Waals surface area contributed by atoms with Crippen LogP contribution < -0.4 is 4.72 Å². The van der Waals surface area contributed by atoms with E-state index in [9.17, 15) is 21.6 Å². The van der Waals surface area contributed by atoms with Crippen LogP contribution in [0.2, 0.25) is 0 Å². The Bertz CT molecular complexity index is 597. The molecule has 3 nitrogen and oxygen atoms in total. The lowest BCUT2D eigenvalue weighted by atomic mass is 10.1. The molecule has 0 unspecified atom stereocenters. The van der Waals surface area contributed by atoms with Gasteiger partial charge in [0.1, 0.15) is 0 Å². The van der Waals surface area contributed by atoms with Crippen molar-refractivity contribution >= 4 is 21.6 Å². The lowest BCUT2D eigenvalue weighted by Gasteiger charge is -2.24. The molecule has 0 atom stereocenters. The summed E-state index contributed by atoms with van der Waals surface area (Å²) in [4.78, 5) is -0.398. The second-order valence-corrected chi connectivity index (χ2v) is 6.97. The molecule has 0 fully saturated rings. The van der Waals surface area contributed by atoms with Crippen LogP contribution in [-0.4, -0.2) is 19.8 Å². The lowest BCUT2D eigenvalue weighted by Crippen LogP contribution is -2.45. The van der Waals surface area contributed by atoms with Crippen LogP contribution in [0.3, 0.4) is 0 Å². The minimum absolute atomic E-state index is 0.00968. The van der Waals surface area contributed by atoms with Crippen molar-refractivity contribution < 1.29 is 21.6 Å². The first-order chi connectivity index (χ1) is 8.91. The molecular formula is C12H15ClF3NO2S. The molecule has 0 saturated carbocycles. The zero-order valence-electron chi connectivity index (χ0n) is 11.2. The Morgan fingerprint density at radius 3 is 2.25 bits per heavy atom. The van der Waals surface area contributed by atoms with Gasteiger partial charge in [-0.25, -0.2) is 13.1 Å². The van der Waals surface area contributed by atoms with Crippen molar-refractivity contribution in [1.29, 1.82) is 0 Å². The maximum Gasteiger partial charge on any atom is 0.416 e. The van der Waals surface area contributed by atoms with Crippen LogP contribution in [0.4, 0.5) is 13.2 Å². The third kappa shape index (κ3) is 3.86. The van der Waals surface area contributed by atoms with Gasteiger partial charge in [-0.05, 0) is 38.5 Å². The molecule has 0 aliphatic carbocycles. The Morgan fingerprint density at radius 2 is 1.80 bits per heavy atom. The second-order valence-electron chi connectivity index (χ2n) is 5.05. The van der Waals surface area contributed by atoms with E-state index in [1.165, 1.54) is 0 Å². The Kier molecular flexibility index (Phi) is 4.78. The van der Waals surface area contributed by atoms with E-state index in [4.69, 9.17) is 11.6 Å². The first-order valence-corrected chi connectivity index (χ1v) is 7.69. The van der Waals surface area contributed by atoms with Gasteiger partial charge < -0.3 is 0 Å². The van der Waals surface area contributed by atoms with Gasteiger partial charge in [0.05, 0.1) is 10.5 Å². The van der Waals surface area contributed by atoms with Crippen LogP contribution in [0, 0.1) is 6.92 Å². The largest absolute Gasteiger partial charge is 0.416 e. The van der Waals surface area contributed by atoms with Gasteiger partial charge in [0.15, 0.2) is 0 Å². The van der Waals surface area contributed by atoms with Crippen molar-refractivity contribution in [2.75, 3.05) is 5.88 Å². The number of rotatable bonds is 4. The van der Waals surface area contributed by atoms with E-state index in [2.05, 4.69) is 4.72 Å². The van der Waals surface area contributed by atoms with Gasteiger partial charge in [-0.15, -0.1) is 11.6 Å². The molecule has 0 heterocycles. The van der Waals surface area contributed by atoms with Crippen molar-refractivity contribution in [1.82, 2.24) is 4.72 Å². The summed E-state index contributed by atoms with van der Waals surface area (Å²) in [6, 6.07) is 3.05. The molecule has 1 aromatic carbocycles. The van der Waals surface area contributed by atoms with Gasteiger partial charge in [-0.1, -0.05) is 6.07 Å². The van der Waals surface area contributed by atoms with E-state index in [-0.39, 0.29) is 11.4 Å². The van der Waals surface area contributed by atoms with E-state index in [0.29, 0.717) is 0 Å². The van der Waals surface area contributed by atoms with Crippen molar-refractivity contribution in [3.63, 3.8) is 0 Å². The standard InChI is InChI=1S/C12H15ClF3NO2S/c1-8-9(12(14,15)16)5-4-6-10(8)20(18,19)17-11(2,3)7-13/h4-6,17H,7H2,1-3H3. The maximum absolute atomic E-state index is 12.8. The Hall–Kier alpha value is -0.790. The average Bonchev–Trinajstić information content (AvgIpc) is 2.26. The fourth-order valence-electron chi connectivity index (χ4n) is 1.66. The number of hydrogen-bond donors (Lipinski definition) is 1. The molecule has 0 aromatic heterocycles. The van der Waals surface area contributed by atoms with Crippen molar-refractivity contribution in [3.05, 3.63) is 29.3 Å². The van der Waals surface area contributed by atoms with Crippen molar-refractivity contribution in [3.8, 4) is 0 Å². The molecule has 1 N–H and O–H groups in total. The molecule has 1 rings (SSSR count). The molecule has 0 bridgehead atoms. The summed E-state index contributed by atoms with van der Waals surface area (Å²) in [6.45, 7) is 4.21. The molecule has 0 radical (unpaired) electrons. The van der Waals surface area contributed by atoms with Gasteiger partial charge in [0.2, 0.25) is 10.0 Å². The third-order valence-electron chi connectivity index (χ3n) is 2.62. The number of nitrogens with one attached hydrogen (secondary N) is 1. The zero-order chi connectivity index (χ0) is 15.8. The first-order valence-electron chi connectivity index (χ1n) is 5.67. The number of halogens is 4. The van der Waals surface area contributed by atoms with Gasteiger partial charge in [-0.3, -0.25) is 0 Å². The maximum atomic E-state index is 12.8. The second kappa shape index (κ2) is 5.54. The van der Waals surface area contributed by atoms with E-state index in [1.807, 2.05) is 0 Å². The molecule has 20 heavy (non-hydrogen) atoms. The van der Waals surface area contributed by atoms with E-state index in [0.717, 1.165) is 25.1 Å². The SMILES string of the molecule is Cc1c(C(F)(F)F)cccc1S(=O)(=O)NC(C)(C)CCl. The summed E-state index contributed by atoms with van der Waals surface area (Å²) in [5.41, 5.74) is -2.26. The minimum Gasteiger partial charge on any atom is -0.207 e. The smallest absolute Gasteiger partial charge is 0.207 e. The quantitative estimate of drug-likeness (QED) is 0.861. The zero-order valence-corrected chi connectivity index (χ0v) is 12.7. The monoisotopic (exact) mass is 329 g/mol. The fraction of sp³-hybridized carbons (Fsp3) is 0.500. The van der Waals surface area contributed by atoms with E-state index in [1.54, 1.807) is 13.8 Å². The summed E-state index contributed by atoms with van der Waals surface area (Å²) in [6.07, 6.45) is -4.60. The number of alkyl halides is 4. The highest BCUT2D eigenvalue weighted by Gasteiger charge is 2.35. The summed E-state index contributed by atoms with van der Waals surface area (Å²) in [5, 5.41) is 0. The van der Waals surface area contributed by atoms with Crippen LogP contribution in [0.1, 0.15) is 25.0 Å². The van der Waals surface area contributed by atoms with Gasteiger partial charge >= 0.3 is 6.18 Å². The number of hydrogen-bond acceptors (Lipinski definition) is 2. The Morgan fingerprint density at radius 1 is 1.25 bits per heavy atom. The molecule has 0 aliphatic heterocycles. The molecule has 0 spiro atoms. The van der Waals surface area contributed by atoms with Crippen molar-refractivity contribution in [2.45, 2.75) is 37.4 Å². The topological polar surface area (TPSA) is 46.2 Å². The molecule has 8 heteroatoms. The molecule has 1 aromatic rings. The summed E-state index contributed by atoms with van der Waals surface area (Å²) in [7, 11) is -4.08. The van der Waals surface area contributed by atoms with Crippen LogP contribution >= 0.6 is 11.6 Å². The highest BCUT2D eigenvalue weighted by molar-refractivity contribution is 7.89. The van der Waals surface area contributed by atoms with Gasteiger partial charge in [0.25, 0.3) is 0 Å². The van der Waals surface area contributed by atoms with Gasteiger partial charge in [0, 0.05) is 11.4 Å². The number of sulfonamides is 1. The first kappa shape index (κ1) is 17.3. The number of benzene rings is 1. The third-order valence-corrected chi connectivity index (χ3v) is 5.13. The average molecular weight is 330 g/mol. The van der Waals surface area contributed by atoms with E-state index >= 15 is 0 Å². The summed E-state index contributed by atoms with van der Waals surface area (Å²) < 4.78 is 65.0. The van der Waals surface area contributed by atoms with Crippen LogP contribution in [0.15, 0.2) is 23.1 Å². The van der Waals surface area contributed by atoms with Gasteiger partial charge in [-0.2, -0.15) is 13.2 Å². The molecule has 114 valence electrons. The lowest BCUT2D eigenvalue weighted by molar-refractivity contribution is -0.138. The molecular weight excluding hydrogens is 315 g/mol. The Balaban J connectivity index is 3.35. The van der Waals surface area contributed by atoms with Crippen molar-refractivity contribution in [2.24, 2.45) is 0 Å².